The Balaban J connectivity index is 1.55. The molecule has 3 aromatic rings. The van der Waals surface area contributed by atoms with Crippen molar-refractivity contribution in [3.63, 3.8) is 0 Å². The second-order valence-electron chi connectivity index (χ2n) is 7.44. The molecule has 7 heteroatoms. The van der Waals surface area contributed by atoms with Crippen LogP contribution in [0.5, 0.6) is 0 Å². The van der Waals surface area contributed by atoms with Gasteiger partial charge < -0.3 is 0 Å². The van der Waals surface area contributed by atoms with Gasteiger partial charge in [-0.25, -0.2) is 13.4 Å². The van der Waals surface area contributed by atoms with Crippen LogP contribution in [-0.4, -0.2) is 48.8 Å². The Morgan fingerprint density at radius 2 is 1.43 bits per heavy atom. The molecule has 0 amide bonds. The zero-order valence-electron chi connectivity index (χ0n) is 16.8. The first-order valence-corrected chi connectivity index (χ1v) is 11.7. The average molecular weight is 442 g/mol. The Bertz CT molecular complexity index is 1060. The maximum Gasteiger partial charge on any atom is 0.244 e. The Kier molecular flexibility index (Phi) is 6.20. The highest BCUT2D eigenvalue weighted by molar-refractivity contribution is 7.89. The van der Waals surface area contributed by atoms with Gasteiger partial charge in [-0.05, 0) is 29.7 Å². The molecule has 0 aliphatic carbocycles. The third-order valence-corrected chi connectivity index (χ3v) is 7.76. The summed E-state index contributed by atoms with van der Waals surface area (Å²) >= 11 is 5.96. The molecule has 1 fully saturated rings. The van der Waals surface area contributed by atoms with Crippen molar-refractivity contribution in [3.05, 3.63) is 94.8 Å². The summed E-state index contributed by atoms with van der Waals surface area (Å²) in [5.74, 6) is 0. The van der Waals surface area contributed by atoms with Crippen LogP contribution in [0.25, 0.3) is 0 Å². The molecule has 0 atom stereocenters. The van der Waals surface area contributed by atoms with E-state index in [1.165, 1.54) is 17.3 Å². The summed E-state index contributed by atoms with van der Waals surface area (Å²) in [5, 5.41) is 0.326. The Labute approximate surface area is 183 Å². The van der Waals surface area contributed by atoms with E-state index in [1.807, 2.05) is 36.4 Å². The van der Waals surface area contributed by atoms with Crippen molar-refractivity contribution in [3.8, 4) is 0 Å². The van der Waals surface area contributed by atoms with Crippen molar-refractivity contribution in [2.45, 2.75) is 17.9 Å². The Morgan fingerprint density at radius 1 is 0.900 bits per heavy atom. The van der Waals surface area contributed by atoms with Gasteiger partial charge in [0.1, 0.15) is 10.0 Å². The zero-order valence-corrected chi connectivity index (χ0v) is 18.4. The van der Waals surface area contributed by atoms with Gasteiger partial charge in [-0.1, -0.05) is 72.3 Å². The van der Waals surface area contributed by atoms with Gasteiger partial charge in [-0.3, -0.25) is 4.90 Å². The van der Waals surface area contributed by atoms with E-state index < -0.39 is 10.0 Å². The molecule has 2 aromatic carbocycles. The molecule has 0 spiro atoms. The lowest BCUT2D eigenvalue weighted by molar-refractivity contribution is 0.156. The number of rotatable bonds is 5. The van der Waals surface area contributed by atoms with Crippen LogP contribution < -0.4 is 0 Å². The Morgan fingerprint density at radius 3 is 1.93 bits per heavy atom. The van der Waals surface area contributed by atoms with E-state index in [0.29, 0.717) is 36.9 Å². The van der Waals surface area contributed by atoms with E-state index in [2.05, 4.69) is 34.1 Å². The number of halogens is 1. The van der Waals surface area contributed by atoms with Crippen molar-refractivity contribution >= 4 is 21.6 Å². The number of piperazine rings is 1. The van der Waals surface area contributed by atoms with Crippen molar-refractivity contribution in [2.24, 2.45) is 0 Å². The molecule has 1 saturated heterocycles. The second-order valence-corrected chi connectivity index (χ2v) is 9.74. The fourth-order valence-corrected chi connectivity index (χ4v) is 5.47. The molecule has 0 unspecified atom stereocenters. The van der Waals surface area contributed by atoms with Gasteiger partial charge in [0, 0.05) is 32.4 Å². The molecule has 30 heavy (non-hydrogen) atoms. The van der Waals surface area contributed by atoms with Gasteiger partial charge in [0.25, 0.3) is 0 Å². The molecular formula is C23H24ClN3O2S. The quantitative estimate of drug-likeness (QED) is 0.558. The van der Waals surface area contributed by atoms with Crippen LogP contribution in [0.1, 0.15) is 22.7 Å². The third-order valence-electron chi connectivity index (χ3n) is 5.50. The second kappa shape index (κ2) is 8.86. The normalized spacial score (nSPS) is 16.1. The van der Waals surface area contributed by atoms with E-state index in [0.717, 1.165) is 0 Å². The molecule has 1 aliphatic rings. The van der Waals surface area contributed by atoms with Gasteiger partial charge in [-0.2, -0.15) is 4.31 Å². The summed E-state index contributed by atoms with van der Waals surface area (Å²) in [4.78, 5) is 6.56. The lowest BCUT2D eigenvalue weighted by Gasteiger charge is -2.39. The van der Waals surface area contributed by atoms with Gasteiger partial charge >= 0.3 is 0 Å². The van der Waals surface area contributed by atoms with Gasteiger partial charge in [0.15, 0.2) is 0 Å². The molecular weight excluding hydrogens is 418 g/mol. The van der Waals surface area contributed by atoms with Crippen LogP contribution >= 0.6 is 11.6 Å². The highest BCUT2D eigenvalue weighted by Gasteiger charge is 2.32. The van der Waals surface area contributed by atoms with Gasteiger partial charge in [0.2, 0.25) is 10.0 Å². The van der Waals surface area contributed by atoms with Gasteiger partial charge in [-0.15, -0.1) is 0 Å². The van der Waals surface area contributed by atoms with Crippen LogP contribution in [-0.2, 0) is 10.0 Å². The first kappa shape index (κ1) is 21.0. The molecule has 0 N–H and O–H groups in total. The SMILES string of the molecule is Cc1cc(S(=O)(=O)N2CCN(C(c3ccccc3)c3ccccc3)CC2)cnc1Cl. The van der Waals surface area contributed by atoms with E-state index in [1.54, 1.807) is 17.3 Å². The van der Waals surface area contributed by atoms with Crippen LogP contribution in [0, 0.1) is 6.92 Å². The number of aryl methyl sites for hydroxylation is 1. The summed E-state index contributed by atoms with van der Waals surface area (Å²) in [6.45, 7) is 3.92. The highest BCUT2D eigenvalue weighted by Crippen LogP contribution is 2.30. The number of hydrogen-bond acceptors (Lipinski definition) is 4. The van der Waals surface area contributed by atoms with Crippen LogP contribution in [0.4, 0.5) is 0 Å². The number of pyridine rings is 1. The summed E-state index contributed by atoms with van der Waals surface area (Å²) in [6, 6.07) is 22.4. The zero-order chi connectivity index (χ0) is 21.1. The van der Waals surface area contributed by atoms with Crippen molar-refractivity contribution in [1.82, 2.24) is 14.2 Å². The smallest absolute Gasteiger partial charge is 0.244 e. The number of aromatic nitrogens is 1. The van der Waals surface area contributed by atoms with E-state index in [-0.39, 0.29) is 10.9 Å². The highest BCUT2D eigenvalue weighted by atomic mass is 35.5. The summed E-state index contributed by atoms with van der Waals surface area (Å²) in [5.41, 5.74) is 3.07. The largest absolute Gasteiger partial charge is 0.290 e. The van der Waals surface area contributed by atoms with Crippen molar-refractivity contribution < 1.29 is 8.42 Å². The predicted molar refractivity (Wildman–Crippen MR) is 119 cm³/mol. The van der Waals surface area contributed by atoms with Crippen molar-refractivity contribution in [1.29, 1.82) is 0 Å². The van der Waals surface area contributed by atoms with Crippen LogP contribution in [0.15, 0.2) is 77.8 Å². The molecule has 5 nitrogen and oxygen atoms in total. The Hall–Kier alpha value is -2.25. The third kappa shape index (κ3) is 4.27. The van der Waals surface area contributed by atoms with E-state index >= 15 is 0 Å². The number of sulfonamides is 1. The van der Waals surface area contributed by atoms with Crippen LogP contribution in [0.3, 0.4) is 0 Å². The molecule has 4 rings (SSSR count). The topological polar surface area (TPSA) is 53.5 Å². The monoisotopic (exact) mass is 441 g/mol. The van der Waals surface area contributed by atoms with Gasteiger partial charge in [0.05, 0.1) is 6.04 Å². The number of hydrogen-bond donors (Lipinski definition) is 0. The number of nitrogens with zero attached hydrogens (tertiary/aromatic N) is 3. The maximum atomic E-state index is 13.1. The lowest BCUT2D eigenvalue weighted by atomic mass is 9.96. The minimum Gasteiger partial charge on any atom is -0.290 e. The summed E-state index contributed by atoms with van der Waals surface area (Å²) in [7, 11) is -3.59. The average Bonchev–Trinajstić information content (AvgIpc) is 2.78. The van der Waals surface area contributed by atoms with Crippen LogP contribution in [0.2, 0.25) is 5.15 Å². The lowest BCUT2D eigenvalue weighted by Crippen LogP contribution is -2.49. The minimum atomic E-state index is -3.59. The summed E-state index contributed by atoms with van der Waals surface area (Å²) in [6.07, 6.45) is 1.34. The molecule has 1 aromatic heterocycles. The minimum absolute atomic E-state index is 0.0942. The molecule has 1 aliphatic heterocycles. The molecule has 2 heterocycles. The predicted octanol–water partition coefficient (Wildman–Crippen LogP) is 4.14. The van der Waals surface area contributed by atoms with E-state index in [9.17, 15) is 8.42 Å². The molecule has 0 radical (unpaired) electrons. The van der Waals surface area contributed by atoms with Crippen molar-refractivity contribution in [2.75, 3.05) is 26.2 Å². The molecule has 0 saturated carbocycles. The molecule has 156 valence electrons. The first-order chi connectivity index (χ1) is 14.5. The standard InChI is InChI=1S/C23H24ClN3O2S/c1-18-16-21(17-25-23(18)24)30(28,29)27-14-12-26(13-15-27)22(19-8-4-2-5-9-19)20-10-6-3-7-11-20/h2-11,16-17,22H,12-15H2,1H3. The molecule has 0 bridgehead atoms. The fraction of sp³-hybridized carbons (Fsp3) is 0.261. The fourth-order valence-electron chi connectivity index (χ4n) is 3.91. The number of benzene rings is 2. The first-order valence-electron chi connectivity index (χ1n) is 9.93. The summed E-state index contributed by atoms with van der Waals surface area (Å²) < 4.78 is 27.7. The maximum absolute atomic E-state index is 13.1. The van der Waals surface area contributed by atoms with E-state index in [4.69, 9.17) is 11.6 Å².